The van der Waals surface area contributed by atoms with Crippen LogP contribution in [-0.2, 0) is 13.0 Å². The summed E-state index contributed by atoms with van der Waals surface area (Å²) in [5.74, 6) is 2.98. The average Bonchev–Trinajstić information content (AvgIpc) is 2.92. The van der Waals surface area contributed by atoms with Crippen LogP contribution >= 0.6 is 0 Å². The maximum absolute atomic E-state index is 4.45. The van der Waals surface area contributed by atoms with Crippen molar-refractivity contribution < 1.29 is 0 Å². The first-order chi connectivity index (χ1) is 11.4. The lowest BCUT2D eigenvalue weighted by atomic mass is 9.94. The molecule has 23 heavy (non-hydrogen) atoms. The quantitative estimate of drug-likeness (QED) is 0.817. The Balaban J connectivity index is 1.47. The Morgan fingerprint density at radius 2 is 1.91 bits per heavy atom. The molecule has 0 fully saturated rings. The number of hydrogen-bond donors (Lipinski definition) is 0. The number of nitrogens with zero attached hydrogens (tertiary/aromatic N) is 4. The molecule has 0 radical (unpaired) electrons. The zero-order valence-electron chi connectivity index (χ0n) is 13.6. The molecule has 0 amide bonds. The van der Waals surface area contributed by atoms with Crippen LogP contribution in [0.1, 0.15) is 25.1 Å². The Morgan fingerprint density at radius 1 is 1.00 bits per heavy atom. The lowest BCUT2D eigenvalue weighted by Gasteiger charge is -2.26. The Kier molecular flexibility index (Phi) is 4.24. The van der Waals surface area contributed by atoms with E-state index in [1.165, 1.54) is 25.8 Å². The van der Waals surface area contributed by atoms with Crippen molar-refractivity contribution >= 4 is 0 Å². The standard InChI is InChI=1S/C19H24N4/c1-3-7-16(8-4-1)15-22-12-11-18-20-21-19(23(18)14-13-22)17-9-5-2-6-10-17/h1-3,5-6,9-10,16H,4,7-8,11-15H2. The molecule has 1 aromatic heterocycles. The fourth-order valence-corrected chi connectivity index (χ4v) is 3.74. The Labute approximate surface area is 137 Å². The average molecular weight is 308 g/mol. The van der Waals surface area contributed by atoms with Crippen LogP contribution in [0.2, 0.25) is 0 Å². The molecule has 4 heteroatoms. The van der Waals surface area contributed by atoms with Crippen molar-refractivity contribution in [1.82, 2.24) is 19.7 Å². The highest BCUT2D eigenvalue weighted by Crippen LogP contribution is 2.22. The SMILES string of the molecule is C1=CCC(CN2CCc3nnc(-c4ccccc4)n3CC2)CC1. The number of rotatable bonds is 3. The first-order valence-electron chi connectivity index (χ1n) is 8.75. The van der Waals surface area contributed by atoms with E-state index in [0.717, 1.165) is 49.2 Å². The van der Waals surface area contributed by atoms with Gasteiger partial charge in [-0.05, 0) is 25.2 Å². The number of benzene rings is 1. The first-order valence-corrected chi connectivity index (χ1v) is 8.75. The minimum Gasteiger partial charge on any atom is -0.310 e. The summed E-state index contributed by atoms with van der Waals surface area (Å²) >= 11 is 0. The van der Waals surface area contributed by atoms with Crippen LogP contribution in [0.4, 0.5) is 0 Å². The van der Waals surface area contributed by atoms with Gasteiger partial charge in [-0.25, -0.2) is 0 Å². The molecule has 0 spiro atoms. The zero-order valence-corrected chi connectivity index (χ0v) is 13.6. The van der Waals surface area contributed by atoms with Crippen molar-refractivity contribution in [3.05, 3.63) is 48.3 Å². The van der Waals surface area contributed by atoms with Gasteiger partial charge in [-0.15, -0.1) is 10.2 Å². The van der Waals surface area contributed by atoms with Crippen molar-refractivity contribution in [1.29, 1.82) is 0 Å². The lowest BCUT2D eigenvalue weighted by molar-refractivity contribution is 0.226. The molecule has 0 saturated carbocycles. The van der Waals surface area contributed by atoms with Crippen LogP contribution in [0, 0.1) is 5.92 Å². The van der Waals surface area contributed by atoms with Crippen LogP contribution in [0.25, 0.3) is 11.4 Å². The highest BCUT2D eigenvalue weighted by atomic mass is 15.3. The van der Waals surface area contributed by atoms with E-state index in [9.17, 15) is 0 Å². The van der Waals surface area contributed by atoms with Gasteiger partial charge in [-0.3, -0.25) is 0 Å². The van der Waals surface area contributed by atoms with Gasteiger partial charge in [0.05, 0.1) is 0 Å². The number of aromatic nitrogens is 3. The Hall–Kier alpha value is -1.94. The van der Waals surface area contributed by atoms with Gasteiger partial charge < -0.3 is 9.47 Å². The number of fused-ring (bicyclic) bond motifs is 1. The van der Waals surface area contributed by atoms with Crippen LogP contribution in [0.15, 0.2) is 42.5 Å². The maximum atomic E-state index is 4.45. The monoisotopic (exact) mass is 308 g/mol. The smallest absolute Gasteiger partial charge is 0.164 e. The zero-order chi connectivity index (χ0) is 15.5. The molecule has 2 aliphatic rings. The molecule has 1 atom stereocenters. The highest BCUT2D eigenvalue weighted by molar-refractivity contribution is 5.55. The lowest BCUT2D eigenvalue weighted by Crippen LogP contribution is -2.32. The van der Waals surface area contributed by atoms with Crippen molar-refractivity contribution in [2.45, 2.75) is 32.2 Å². The minimum atomic E-state index is 0.831. The fourth-order valence-electron chi connectivity index (χ4n) is 3.74. The summed E-state index contributed by atoms with van der Waals surface area (Å²) in [6, 6.07) is 10.4. The second kappa shape index (κ2) is 6.67. The van der Waals surface area contributed by atoms with Gasteiger partial charge in [-0.1, -0.05) is 42.5 Å². The van der Waals surface area contributed by atoms with Gasteiger partial charge in [0.25, 0.3) is 0 Å². The van der Waals surface area contributed by atoms with E-state index in [4.69, 9.17) is 0 Å². The minimum absolute atomic E-state index is 0.831. The van der Waals surface area contributed by atoms with Crippen molar-refractivity contribution in [2.75, 3.05) is 19.6 Å². The third-order valence-electron chi connectivity index (χ3n) is 5.04. The summed E-state index contributed by atoms with van der Waals surface area (Å²) in [7, 11) is 0. The summed E-state index contributed by atoms with van der Waals surface area (Å²) in [4.78, 5) is 2.62. The van der Waals surface area contributed by atoms with Gasteiger partial charge in [0, 0.05) is 38.2 Å². The summed E-state index contributed by atoms with van der Waals surface area (Å²) in [5.41, 5.74) is 1.16. The van der Waals surface area contributed by atoms with E-state index in [0.29, 0.717) is 0 Å². The third-order valence-corrected chi connectivity index (χ3v) is 5.04. The molecule has 1 aromatic carbocycles. The van der Waals surface area contributed by atoms with Crippen LogP contribution < -0.4 is 0 Å². The van der Waals surface area contributed by atoms with E-state index in [-0.39, 0.29) is 0 Å². The molecule has 0 N–H and O–H groups in total. The molecule has 1 aliphatic carbocycles. The molecule has 2 heterocycles. The third kappa shape index (κ3) is 3.22. The van der Waals surface area contributed by atoms with E-state index in [1.54, 1.807) is 0 Å². The topological polar surface area (TPSA) is 34.0 Å². The molecular formula is C19H24N4. The predicted molar refractivity (Wildman–Crippen MR) is 92.1 cm³/mol. The second-order valence-corrected chi connectivity index (χ2v) is 6.66. The molecule has 1 aliphatic heterocycles. The molecule has 0 saturated heterocycles. The molecule has 4 rings (SSSR count). The van der Waals surface area contributed by atoms with Gasteiger partial charge in [0.1, 0.15) is 5.82 Å². The van der Waals surface area contributed by atoms with Crippen LogP contribution in [0.5, 0.6) is 0 Å². The van der Waals surface area contributed by atoms with Gasteiger partial charge in [-0.2, -0.15) is 0 Å². The highest BCUT2D eigenvalue weighted by Gasteiger charge is 2.21. The molecular weight excluding hydrogens is 284 g/mol. The largest absolute Gasteiger partial charge is 0.310 e. The summed E-state index contributed by atoms with van der Waals surface area (Å²) in [5, 5.41) is 8.89. The van der Waals surface area contributed by atoms with Gasteiger partial charge in [0.2, 0.25) is 0 Å². The van der Waals surface area contributed by atoms with E-state index >= 15 is 0 Å². The summed E-state index contributed by atoms with van der Waals surface area (Å²) in [6.07, 6.45) is 9.53. The summed E-state index contributed by atoms with van der Waals surface area (Å²) < 4.78 is 2.32. The van der Waals surface area contributed by atoms with Gasteiger partial charge in [0.15, 0.2) is 5.82 Å². The van der Waals surface area contributed by atoms with Crippen molar-refractivity contribution in [2.24, 2.45) is 5.92 Å². The van der Waals surface area contributed by atoms with Crippen LogP contribution in [-0.4, -0.2) is 39.3 Å². The molecule has 1 unspecified atom stereocenters. The maximum Gasteiger partial charge on any atom is 0.164 e. The molecule has 120 valence electrons. The van der Waals surface area contributed by atoms with E-state index < -0.39 is 0 Å². The normalized spacial score (nSPS) is 21.8. The van der Waals surface area contributed by atoms with Crippen LogP contribution in [0.3, 0.4) is 0 Å². The number of allylic oxidation sites excluding steroid dienone is 2. The second-order valence-electron chi connectivity index (χ2n) is 6.66. The summed E-state index contributed by atoms with van der Waals surface area (Å²) in [6.45, 7) is 4.43. The molecule has 2 aromatic rings. The fraction of sp³-hybridized carbons (Fsp3) is 0.474. The van der Waals surface area contributed by atoms with E-state index in [2.05, 4.69) is 56.1 Å². The van der Waals surface area contributed by atoms with Crippen molar-refractivity contribution in [3.8, 4) is 11.4 Å². The number of hydrogen-bond acceptors (Lipinski definition) is 3. The molecule has 4 nitrogen and oxygen atoms in total. The molecule has 0 bridgehead atoms. The van der Waals surface area contributed by atoms with E-state index in [1.807, 2.05) is 6.07 Å². The van der Waals surface area contributed by atoms with Crippen molar-refractivity contribution in [3.63, 3.8) is 0 Å². The Bertz CT molecular complexity index is 674. The first kappa shape index (κ1) is 14.6. The Morgan fingerprint density at radius 3 is 2.74 bits per heavy atom. The predicted octanol–water partition coefficient (Wildman–Crippen LogP) is 3.16. The van der Waals surface area contributed by atoms with Gasteiger partial charge >= 0.3 is 0 Å².